The topological polar surface area (TPSA) is 17.1 Å². The Kier molecular flexibility index (Phi) is 6.57. The van der Waals surface area contributed by atoms with Crippen LogP contribution in [0.2, 0.25) is 0 Å². The van der Waals surface area contributed by atoms with Gasteiger partial charge in [0.15, 0.2) is 5.78 Å². The fraction of sp³-hybridized carbons (Fsp3) is 0.0645. The molecule has 0 radical (unpaired) electrons. The maximum absolute atomic E-state index is 13.4. The number of hydrogen-bond donors (Lipinski definition) is 0. The minimum Gasteiger partial charge on any atom is -0.289 e. The fourth-order valence-corrected chi connectivity index (χ4v) is 4.00. The Bertz CT molecular complexity index is 1150. The molecule has 0 bridgehead atoms. The molecule has 0 atom stereocenters. The summed E-state index contributed by atoms with van der Waals surface area (Å²) < 4.78 is 0. The highest BCUT2D eigenvalue weighted by Crippen LogP contribution is 2.24. The molecule has 0 heterocycles. The Labute approximate surface area is 190 Å². The summed E-state index contributed by atoms with van der Waals surface area (Å²) in [5.41, 5.74) is 7.83. The molecule has 0 amide bonds. The molecule has 0 unspecified atom stereocenters. The molecule has 0 aliphatic rings. The predicted octanol–water partition coefficient (Wildman–Crippen LogP) is 7.39. The average Bonchev–Trinajstić information content (AvgIpc) is 2.84. The summed E-state index contributed by atoms with van der Waals surface area (Å²) in [5.74, 6) is -0.00711. The molecule has 1 heteroatoms. The molecule has 1 nitrogen and oxygen atoms in total. The number of rotatable bonds is 8. The molecule has 0 N–H and O–H groups in total. The summed E-state index contributed by atoms with van der Waals surface area (Å²) in [6, 6.07) is 32.7. The number of carbonyl (C=O) groups is 1. The summed E-state index contributed by atoms with van der Waals surface area (Å²) >= 11 is 0. The lowest BCUT2D eigenvalue weighted by Gasteiger charge is -2.12. The van der Waals surface area contributed by atoms with E-state index in [0.29, 0.717) is 11.1 Å². The lowest BCUT2D eigenvalue weighted by Crippen LogP contribution is -2.07. The minimum atomic E-state index is -0.00711. The predicted molar refractivity (Wildman–Crippen MR) is 135 cm³/mol. The molecule has 0 aliphatic carbocycles. The van der Waals surface area contributed by atoms with Crippen LogP contribution in [0.5, 0.6) is 0 Å². The van der Waals surface area contributed by atoms with Gasteiger partial charge in [0.1, 0.15) is 0 Å². The molecule has 0 saturated carbocycles. The Morgan fingerprint density at radius 3 is 1.34 bits per heavy atom. The van der Waals surface area contributed by atoms with Crippen molar-refractivity contribution in [1.29, 1.82) is 0 Å². The van der Waals surface area contributed by atoms with Gasteiger partial charge in [-0.2, -0.15) is 0 Å². The van der Waals surface area contributed by atoms with E-state index in [1.165, 1.54) is 11.1 Å². The van der Waals surface area contributed by atoms with Gasteiger partial charge in [-0.25, -0.2) is 0 Å². The lowest BCUT2D eigenvalue weighted by atomic mass is 9.91. The molecule has 0 aliphatic heterocycles. The highest BCUT2D eigenvalue weighted by molar-refractivity contribution is 6.12. The molecule has 0 fully saturated rings. The van der Waals surface area contributed by atoms with Crippen molar-refractivity contribution in [1.82, 2.24) is 0 Å². The monoisotopic (exact) mass is 414 g/mol. The second-order valence-corrected chi connectivity index (χ2v) is 7.91. The molecule has 4 aromatic carbocycles. The Morgan fingerprint density at radius 2 is 0.969 bits per heavy atom. The van der Waals surface area contributed by atoms with Gasteiger partial charge in [0.2, 0.25) is 0 Å². The first-order valence-electron chi connectivity index (χ1n) is 10.8. The van der Waals surface area contributed by atoms with Crippen molar-refractivity contribution in [2.45, 2.75) is 12.8 Å². The van der Waals surface area contributed by atoms with Crippen LogP contribution in [0.1, 0.15) is 49.3 Å². The van der Waals surface area contributed by atoms with Crippen LogP contribution in [0.15, 0.2) is 110 Å². The average molecular weight is 415 g/mol. The number of ketones is 1. The minimum absolute atomic E-state index is 0.00711. The van der Waals surface area contributed by atoms with Crippen LogP contribution in [0.25, 0.3) is 12.2 Å². The van der Waals surface area contributed by atoms with Gasteiger partial charge >= 0.3 is 0 Å². The van der Waals surface area contributed by atoms with E-state index in [1.807, 2.05) is 60.7 Å². The van der Waals surface area contributed by atoms with Crippen LogP contribution >= 0.6 is 0 Å². The SMILES string of the molecule is C=Cc1cc(Cc2ccccc2)ccc1C(=O)c1ccc(Cc2ccccc2)cc1C=C. The molecule has 0 aromatic heterocycles. The third kappa shape index (κ3) is 4.84. The largest absolute Gasteiger partial charge is 0.289 e. The highest BCUT2D eigenvalue weighted by Gasteiger charge is 2.16. The van der Waals surface area contributed by atoms with Crippen molar-refractivity contribution >= 4 is 17.9 Å². The number of hydrogen-bond acceptors (Lipinski definition) is 1. The van der Waals surface area contributed by atoms with E-state index < -0.39 is 0 Å². The summed E-state index contributed by atoms with van der Waals surface area (Å²) in [6.07, 6.45) is 5.17. The molecule has 0 spiro atoms. The maximum atomic E-state index is 13.4. The Balaban J connectivity index is 1.61. The second kappa shape index (κ2) is 9.89. The first-order valence-corrected chi connectivity index (χ1v) is 10.8. The fourth-order valence-electron chi connectivity index (χ4n) is 4.00. The molecule has 0 saturated heterocycles. The zero-order valence-electron chi connectivity index (χ0n) is 18.1. The van der Waals surface area contributed by atoms with Gasteiger partial charge in [0.05, 0.1) is 0 Å². The van der Waals surface area contributed by atoms with Crippen molar-refractivity contribution in [3.63, 3.8) is 0 Å². The van der Waals surface area contributed by atoms with E-state index in [1.54, 1.807) is 12.2 Å². The highest BCUT2D eigenvalue weighted by atomic mass is 16.1. The maximum Gasteiger partial charge on any atom is 0.194 e. The Hall–Kier alpha value is -3.97. The third-order valence-corrected chi connectivity index (χ3v) is 5.66. The first kappa shape index (κ1) is 21.3. The van der Waals surface area contributed by atoms with Gasteiger partial charge in [-0.1, -0.05) is 122 Å². The van der Waals surface area contributed by atoms with Gasteiger partial charge in [0.25, 0.3) is 0 Å². The third-order valence-electron chi connectivity index (χ3n) is 5.66. The van der Waals surface area contributed by atoms with Crippen molar-refractivity contribution in [3.8, 4) is 0 Å². The van der Waals surface area contributed by atoms with Crippen LogP contribution in [0, 0.1) is 0 Å². The van der Waals surface area contributed by atoms with E-state index in [0.717, 1.165) is 35.1 Å². The Morgan fingerprint density at radius 1 is 0.562 bits per heavy atom. The van der Waals surface area contributed by atoms with E-state index in [4.69, 9.17) is 0 Å². The molecule has 32 heavy (non-hydrogen) atoms. The van der Waals surface area contributed by atoms with E-state index >= 15 is 0 Å². The normalized spacial score (nSPS) is 10.5. The first-order chi connectivity index (χ1) is 15.7. The van der Waals surface area contributed by atoms with E-state index in [9.17, 15) is 4.79 Å². The van der Waals surface area contributed by atoms with Crippen molar-refractivity contribution in [2.24, 2.45) is 0 Å². The standard InChI is InChI=1S/C31H26O/c1-3-27-21-25(19-23-11-7-5-8-12-23)15-17-29(27)31(32)30-18-16-26(22-28(30)4-2)20-24-13-9-6-10-14-24/h3-18,21-22H,1-2,19-20H2. The zero-order valence-corrected chi connectivity index (χ0v) is 18.1. The van der Waals surface area contributed by atoms with Crippen LogP contribution in [-0.4, -0.2) is 5.78 Å². The molecular weight excluding hydrogens is 388 g/mol. The smallest absolute Gasteiger partial charge is 0.194 e. The van der Waals surface area contributed by atoms with Gasteiger partial charge in [-0.3, -0.25) is 4.79 Å². The summed E-state index contributed by atoms with van der Waals surface area (Å²) in [5, 5.41) is 0. The van der Waals surface area contributed by atoms with Gasteiger partial charge in [-0.15, -0.1) is 0 Å². The molecular formula is C31H26O. The van der Waals surface area contributed by atoms with Crippen molar-refractivity contribution in [3.05, 3.63) is 155 Å². The number of benzene rings is 4. The zero-order chi connectivity index (χ0) is 22.3. The summed E-state index contributed by atoms with van der Waals surface area (Å²) in [4.78, 5) is 13.4. The molecule has 156 valence electrons. The van der Waals surface area contributed by atoms with Crippen LogP contribution in [0.4, 0.5) is 0 Å². The van der Waals surface area contributed by atoms with Crippen molar-refractivity contribution < 1.29 is 4.79 Å². The van der Waals surface area contributed by atoms with Crippen LogP contribution in [0.3, 0.4) is 0 Å². The number of carbonyl (C=O) groups excluding carboxylic acids is 1. The van der Waals surface area contributed by atoms with E-state index in [-0.39, 0.29) is 5.78 Å². The van der Waals surface area contributed by atoms with Gasteiger partial charge < -0.3 is 0 Å². The van der Waals surface area contributed by atoms with Crippen molar-refractivity contribution in [2.75, 3.05) is 0 Å². The van der Waals surface area contributed by atoms with Gasteiger partial charge in [0, 0.05) is 11.1 Å². The quantitative estimate of drug-likeness (QED) is 0.275. The summed E-state index contributed by atoms with van der Waals surface area (Å²) in [6.45, 7) is 7.89. The van der Waals surface area contributed by atoms with Crippen LogP contribution < -0.4 is 0 Å². The lowest BCUT2D eigenvalue weighted by molar-refractivity contribution is 0.103. The molecule has 4 rings (SSSR count). The van der Waals surface area contributed by atoms with Gasteiger partial charge in [-0.05, 0) is 46.2 Å². The summed E-state index contributed by atoms with van der Waals surface area (Å²) in [7, 11) is 0. The molecule has 4 aromatic rings. The second-order valence-electron chi connectivity index (χ2n) is 7.91. The van der Waals surface area contributed by atoms with E-state index in [2.05, 4.69) is 49.6 Å². The van der Waals surface area contributed by atoms with Crippen LogP contribution in [-0.2, 0) is 12.8 Å².